The molecule has 0 saturated heterocycles. The zero-order chi connectivity index (χ0) is 11.5. The van der Waals surface area contributed by atoms with Crippen LogP contribution in [0.15, 0.2) is 41.3 Å². The first-order chi connectivity index (χ1) is 7.68. The topological polar surface area (TPSA) is 46.0 Å². The molecule has 0 saturated carbocycles. The number of aliphatic hydroxyl groups excluding tert-OH is 1. The number of halogens is 2. The summed E-state index contributed by atoms with van der Waals surface area (Å²) in [5.41, 5.74) is 0.814. The third-order valence-corrected chi connectivity index (χ3v) is 2.76. The first-order valence-corrected chi connectivity index (χ1v) is 5.36. The normalized spacial score (nSPS) is 12.4. The zero-order valence-corrected chi connectivity index (χ0v) is 9.73. The Hall–Kier alpha value is -1.33. The van der Waals surface area contributed by atoms with Gasteiger partial charge in [0, 0.05) is 22.4 Å². The van der Waals surface area contributed by atoms with E-state index in [9.17, 15) is 9.50 Å². The highest BCUT2D eigenvalue weighted by atomic mass is 79.9. The molecule has 0 aliphatic carbocycles. The van der Waals surface area contributed by atoms with Crippen molar-refractivity contribution < 1.29 is 9.50 Å². The molecule has 0 aliphatic heterocycles. The molecular weight excluding hydrogens is 275 g/mol. The molecule has 2 heterocycles. The number of aromatic nitrogens is 2. The number of hydrogen-bond acceptors (Lipinski definition) is 3. The summed E-state index contributed by atoms with van der Waals surface area (Å²) in [5, 5.41) is 10.00. The predicted molar refractivity (Wildman–Crippen MR) is 60.2 cm³/mol. The second-order valence-corrected chi connectivity index (χ2v) is 4.06. The van der Waals surface area contributed by atoms with E-state index in [2.05, 4.69) is 25.9 Å². The molecule has 0 amide bonds. The summed E-state index contributed by atoms with van der Waals surface area (Å²) in [5.74, 6) is -0.483. The molecule has 16 heavy (non-hydrogen) atoms. The van der Waals surface area contributed by atoms with Crippen LogP contribution in [-0.4, -0.2) is 15.1 Å². The number of rotatable bonds is 2. The monoisotopic (exact) mass is 282 g/mol. The van der Waals surface area contributed by atoms with E-state index in [-0.39, 0.29) is 0 Å². The first-order valence-electron chi connectivity index (χ1n) is 4.57. The summed E-state index contributed by atoms with van der Waals surface area (Å²) in [4.78, 5) is 7.72. The summed E-state index contributed by atoms with van der Waals surface area (Å²) >= 11 is 3.28. The fourth-order valence-electron chi connectivity index (χ4n) is 1.33. The fourth-order valence-corrected chi connectivity index (χ4v) is 1.81. The second kappa shape index (κ2) is 4.67. The largest absolute Gasteiger partial charge is 0.382 e. The fraction of sp³-hybridized carbons (Fsp3) is 0.0909. The van der Waals surface area contributed by atoms with Gasteiger partial charge in [-0.05, 0) is 34.1 Å². The SMILES string of the molecule is OC(c1cncc(F)c1)c1ncccc1Br. The molecular formula is C11H8BrFN2O. The minimum Gasteiger partial charge on any atom is -0.382 e. The van der Waals surface area contributed by atoms with Gasteiger partial charge in [0.15, 0.2) is 0 Å². The van der Waals surface area contributed by atoms with Crippen molar-refractivity contribution in [2.24, 2.45) is 0 Å². The lowest BCUT2D eigenvalue weighted by Crippen LogP contribution is -2.04. The van der Waals surface area contributed by atoms with Crippen molar-refractivity contribution in [2.45, 2.75) is 6.10 Å². The molecule has 1 atom stereocenters. The van der Waals surface area contributed by atoms with Crippen LogP contribution in [0.4, 0.5) is 4.39 Å². The van der Waals surface area contributed by atoms with Crippen LogP contribution in [0.5, 0.6) is 0 Å². The van der Waals surface area contributed by atoms with Crippen molar-refractivity contribution in [1.82, 2.24) is 9.97 Å². The Labute approximate surface area is 100 Å². The third kappa shape index (κ3) is 2.25. The Kier molecular flexibility index (Phi) is 3.26. The van der Waals surface area contributed by atoms with Crippen LogP contribution in [0.2, 0.25) is 0 Å². The van der Waals surface area contributed by atoms with Crippen LogP contribution in [0.1, 0.15) is 17.4 Å². The van der Waals surface area contributed by atoms with Gasteiger partial charge in [0.25, 0.3) is 0 Å². The summed E-state index contributed by atoms with van der Waals surface area (Å²) in [7, 11) is 0. The van der Waals surface area contributed by atoms with Crippen molar-refractivity contribution >= 4 is 15.9 Å². The molecule has 0 radical (unpaired) electrons. The lowest BCUT2D eigenvalue weighted by Gasteiger charge is -2.11. The molecule has 0 aromatic carbocycles. The van der Waals surface area contributed by atoms with E-state index in [1.165, 1.54) is 12.3 Å². The first kappa shape index (κ1) is 11.2. The van der Waals surface area contributed by atoms with Crippen LogP contribution < -0.4 is 0 Å². The summed E-state index contributed by atoms with van der Waals surface area (Å²) in [6.07, 6.45) is 3.08. The Bertz CT molecular complexity index is 507. The van der Waals surface area contributed by atoms with Gasteiger partial charge in [0.1, 0.15) is 11.9 Å². The average molecular weight is 283 g/mol. The van der Waals surface area contributed by atoms with E-state index in [1.54, 1.807) is 18.3 Å². The molecule has 3 nitrogen and oxygen atoms in total. The molecule has 1 unspecified atom stereocenters. The van der Waals surface area contributed by atoms with E-state index in [0.717, 1.165) is 6.20 Å². The van der Waals surface area contributed by atoms with Gasteiger partial charge in [0.05, 0.1) is 11.9 Å². The van der Waals surface area contributed by atoms with Crippen molar-refractivity contribution in [3.05, 3.63) is 58.3 Å². The molecule has 2 aromatic heterocycles. The van der Waals surface area contributed by atoms with Crippen LogP contribution in [-0.2, 0) is 0 Å². The van der Waals surface area contributed by atoms with Gasteiger partial charge in [-0.1, -0.05) is 0 Å². The Balaban J connectivity index is 2.39. The molecule has 0 spiro atoms. The predicted octanol–water partition coefficient (Wildman–Crippen LogP) is 2.46. The quantitative estimate of drug-likeness (QED) is 0.920. The van der Waals surface area contributed by atoms with Gasteiger partial charge in [-0.3, -0.25) is 9.97 Å². The molecule has 2 aromatic rings. The van der Waals surface area contributed by atoms with Crippen LogP contribution in [0.25, 0.3) is 0 Å². The van der Waals surface area contributed by atoms with E-state index < -0.39 is 11.9 Å². The smallest absolute Gasteiger partial charge is 0.141 e. The minimum absolute atomic E-state index is 0.374. The highest BCUT2D eigenvalue weighted by Gasteiger charge is 2.15. The number of pyridine rings is 2. The Morgan fingerprint density at radius 2 is 2.19 bits per heavy atom. The average Bonchev–Trinajstić information content (AvgIpc) is 2.29. The molecule has 2 rings (SSSR count). The minimum atomic E-state index is -0.987. The van der Waals surface area contributed by atoms with E-state index in [4.69, 9.17) is 0 Å². The van der Waals surface area contributed by atoms with Gasteiger partial charge in [-0.25, -0.2) is 4.39 Å². The number of hydrogen-bond donors (Lipinski definition) is 1. The van der Waals surface area contributed by atoms with Crippen molar-refractivity contribution in [2.75, 3.05) is 0 Å². The molecule has 82 valence electrons. The summed E-state index contributed by atoms with van der Waals surface area (Å²) < 4.78 is 13.6. The molecule has 0 bridgehead atoms. The number of nitrogens with zero attached hydrogens (tertiary/aromatic N) is 2. The van der Waals surface area contributed by atoms with Gasteiger partial charge in [0.2, 0.25) is 0 Å². The highest BCUT2D eigenvalue weighted by Crippen LogP contribution is 2.25. The van der Waals surface area contributed by atoms with Crippen molar-refractivity contribution in [3.63, 3.8) is 0 Å². The van der Waals surface area contributed by atoms with E-state index in [0.29, 0.717) is 15.7 Å². The lowest BCUT2D eigenvalue weighted by molar-refractivity contribution is 0.213. The van der Waals surface area contributed by atoms with Crippen molar-refractivity contribution in [3.8, 4) is 0 Å². The standard InChI is InChI=1S/C11H8BrFN2O/c12-9-2-1-3-15-10(9)11(16)7-4-8(13)6-14-5-7/h1-6,11,16H. The van der Waals surface area contributed by atoms with Gasteiger partial charge >= 0.3 is 0 Å². The summed E-state index contributed by atoms with van der Waals surface area (Å²) in [6, 6.07) is 4.74. The van der Waals surface area contributed by atoms with Gasteiger partial charge in [-0.2, -0.15) is 0 Å². The van der Waals surface area contributed by atoms with Crippen LogP contribution in [0.3, 0.4) is 0 Å². The maximum atomic E-state index is 12.9. The molecule has 1 N–H and O–H groups in total. The van der Waals surface area contributed by atoms with Crippen LogP contribution >= 0.6 is 15.9 Å². The highest BCUT2D eigenvalue weighted by molar-refractivity contribution is 9.10. The van der Waals surface area contributed by atoms with Gasteiger partial charge in [-0.15, -0.1) is 0 Å². The second-order valence-electron chi connectivity index (χ2n) is 3.21. The lowest BCUT2D eigenvalue weighted by atomic mass is 10.1. The molecule has 5 heteroatoms. The number of aliphatic hydroxyl groups is 1. The van der Waals surface area contributed by atoms with Crippen LogP contribution in [0, 0.1) is 5.82 Å². The molecule has 0 aliphatic rings. The molecule has 0 fully saturated rings. The zero-order valence-electron chi connectivity index (χ0n) is 8.14. The van der Waals surface area contributed by atoms with Gasteiger partial charge < -0.3 is 5.11 Å². The maximum Gasteiger partial charge on any atom is 0.141 e. The Morgan fingerprint density at radius 1 is 1.38 bits per heavy atom. The summed E-state index contributed by atoms with van der Waals surface area (Å²) in [6.45, 7) is 0. The Morgan fingerprint density at radius 3 is 2.88 bits per heavy atom. The van der Waals surface area contributed by atoms with E-state index >= 15 is 0 Å². The van der Waals surface area contributed by atoms with Crippen molar-refractivity contribution in [1.29, 1.82) is 0 Å². The van der Waals surface area contributed by atoms with E-state index in [1.807, 2.05) is 0 Å². The third-order valence-electron chi connectivity index (χ3n) is 2.09. The maximum absolute atomic E-state index is 12.9.